The van der Waals surface area contributed by atoms with E-state index in [9.17, 15) is 0 Å². The van der Waals surface area contributed by atoms with Crippen molar-refractivity contribution in [3.05, 3.63) is 60.7 Å². The van der Waals surface area contributed by atoms with Crippen molar-refractivity contribution in [2.75, 3.05) is 33.4 Å². The largest absolute Gasteiger partial charge is 0.497 e. The fraction of sp³-hybridized carbons (Fsp3) is 0.381. The number of nitrogens with zero attached hydrogens (tertiary/aromatic N) is 3. The second-order valence-electron chi connectivity index (χ2n) is 6.79. The maximum absolute atomic E-state index is 6.06. The van der Waals surface area contributed by atoms with Gasteiger partial charge in [-0.2, -0.15) is 0 Å². The first-order valence-corrected chi connectivity index (χ1v) is 9.19. The number of rotatable bonds is 6. The van der Waals surface area contributed by atoms with Gasteiger partial charge in [0.25, 0.3) is 0 Å². The molecule has 1 aliphatic heterocycles. The summed E-state index contributed by atoms with van der Waals surface area (Å²) in [6, 6.07) is 12.8. The Morgan fingerprint density at radius 2 is 2.04 bits per heavy atom. The van der Waals surface area contributed by atoms with E-state index in [1.165, 1.54) is 16.3 Å². The van der Waals surface area contributed by atoms with E-state index in [-0.39, 0.29) is 6.10 Å². The summed E-state index contributed by atoms with van der Waals surface area (Å²) in [5.74, 6) is 0.892. The standard InChI is InChI=1S/C21H25N3O2/c1-25-20-6-5-17-13-19(4-3-18(17)14-20)21-15-23(11-12-26-21)8-2-9-24-10-7-22-16-24/h3-7,10,13-14,16,21H,2,8-9,11-12,15H2,1H3/t21-/m1/s1. The molecular formula is C21H25N3O2. The zero-order valence-electron chi connectivity index (χ0n) is 15.2. The van der Waals surface area contributed by atoms with Crippen LogP contribution in [0.25, 0.3) is 10.8 Å². The van der Waals surface area contributed by atoms with Crippen molar-refractivity contribution >= 4 is 10.8 Å². The molecule has 0 saturated carbocycles. The van der Waals surface area contributed by atoms with Crippen LogP contribution >= 0.6 is 0 Å². The van der Waals surface area contributed by atoms with Crippen LogP contribution in [-0.2, 0) is 11.3 Å². The number of methoxy groups -OCH3 is 1. The molecule has 1 aromatic heterocycles. The fourth-order valence-electron chi connectivity index (χ4n) is 3.57. The summed E-state index contributed by atoms with van der Waals surface area (Å²) in [5, 5.41) is 2.42. The molecule has 1 atom stereocenters. The zero-order chi connectivity index (χ0) is 17.8. The Bertz CT molecular complexity index is 848. The second kappa shape index (κ2) is 7.89. The number of benzene rings is 2. The second-order valence-corrected chi connectivity index (χ2v) is 6.79. The van der Waals surface area contributed by atoms with Gasteiger partial charge in [-0.1, -0.05) is 18.2 Å². The Morgan fingerprint density at radius 1 is 1.15 bits per heavy atom. The normalized spacial score (nSPS) is 18.3. The highest BCUT2D eigenvalue weighted by Gasteiger charge is 2.21. The van der Waals surface area contributed by atoms with Crippen LogP contribution in [0.4, 0.5) is 0 Å². The highest BCUT2D eigenvalue weighted by atomic mass is 16.5. The van der Waals surface area contributed by atoms with Crippen molar-refractivity contribution in [3.8, 4) is 5.75 Å². The van der Waals surface area contributed by atoms with E-state index in [1.807, 2.05) is 24.8 Å². The third-order valence-corrected chi connectivity index (χ3v) is 5.04. The van der Waals surface area contributed by atoms with Gasteiger partial charge in [0.15, 0.2) is 0 Å². The van der Waals surface area contributed by atoms with Gasteiger partial charge >= 0.3 is 0 Å². The van der Waals surface area contributed by atoms with Crippen LogP contribution in [0, 0.1) is 0 Å². The van der Waals surface area contributed by atoms with Crippen molar-refractivity contribution in [3.63, 3.8) is 0 Å². The molecule has 5 nitrogen and oxygen atoms in total. The molecule has 2 heterocycles. The van der Waals surface area contributed by atoms with Crippen molar-refractivity contribution < 1.29 is 9.47 Å². The monoisotopic (exact) mass is 351 g/mol. The van der Waals surface area contributed by atoms with Crippen LogP contribution in [0.1, 0.15) is 18.1 Å². The summed E-state index contributed by atoms with van der Waals surface area (Å²) in [6.45, 7) is 4.84. The maximum Gasteiger partial charge on any atom is 0.119 e. The minimum Gasteiger partial charge on any atom is -0.497 e. The highest BCUT2D eigenvalue weighted by Crippen LogP contribution is 2.27. The van der Waals surface area contributed by atoms with Gasteiger partial charge in [-0.3, -0.25) is 4.90 Å². The third-order valence-electron chi connectivity index (χ3n) is 5.04. The molecule has 0 N–H and O–H groups in total. The maximum atomic E-state index is 6.06. The molecule has 1 aliphatic rings. The number of hydrogen-bond acceptors (Lipinski definition) is 4. The number of aryl methyl sites for hydroxylation is 1. The van der Waals surface area contributed by atoms with Gasteiger partial charge in [0.05, 0.1) is 26.1 Å². The summed E-state index contributed by atoms with van der Waals surface area (Å²) in [7, 11) is 1.70. The lowest BCUT2D eigenvalue weighted by atomic mass is 10.0. The summed E-state index contributed by atoms with van der Waals surface area (Å²) in [6.07, 6.45) is 7.00. The number of imidazole rings is 1. The van der Waals surface area contributed by atoms with Crippen LogP contribution < -0.4 is 4.74 Å². The van der Waals surface area contributed by atoms with Crippen LogP contribution in [0.2, 0.25) is 0 Å². The van der Waals surface area contributed by atoms with E-state index in [2.05, 4.69) is 44.8 Å². The van der Waals surface area contributed by atoms with E-state index >= 15 is 0 Å². The average molecular weight is 351 g/mol. The number of hydrogen-bond donors (Lipinski definition) is 0. The molecule has 0 bridgehead atoms. The van der Waals surface area contributed by atoms with Gasteiger partial charge in [-0.25, -0.2) is 4.98 Å². The SMILES string of the molecule is COc1ccc2cc([C@H]3CN(CCCn4ccnc4)CCO3)ccc2c1. The van der Waals surface area contributed by atoms with Crippen molar-refractivity contribution in [2.24, 2.45) is 0 Å². The number of ether oxygens (including phenoxy) is 2. The van der Waals surface area contributed by atoms with Crippen LogP contribution in [0.15, 0.2) is 55.1 Å². The molecule has 1 fully saturated rings. The molecule has 0 aliphatic carbocycles. The minimum absolute atomic E-state index is 0.142. The quantitative estimate of drug-likeness (QED) is 0.681. The first-order chi connectivity index (χ1) is 12.8. The van der Waals surface area contributed by atoms with Gasteiger partial charge in [-0.15, -0.1) is 0 Å². The summed E-state index contributed by atoms with van der Waals surface area (Å²) < 4.78 is 13.5. The molecule has 0 unspecified atom stereocenters. The Balaban J connectivity index is 1.39. The zero-order valence-corrected chi connectivity index (χ0v) is 15.2. The van der Waals surface area contributed by atoms with Crippen molar-refractivity contribution in [1.29, 1.82) is 0 Å². The average Bonchev–Trinajstić information content (AvgIpc) is 3.21. The molecule has 136 valence electrons. The lowest BCUT2D eigenvalue weighted by Gasteiger charge is -2.33. The molecule has 3 aromatic rings. The van der Waals surface area contributed by atoms with Crippen LogP contribution in [0.3, 0.4) is 0 Å². The van der Waals surface area contributed by atoms with E-state index in [1.54, 1.807) is 7.11 Å². The first-order valence-electron chi connectivity index (χ1n) is 9.19. The Kier molecular flexibility index (Phi) is 5.18. The number of morpholine rings is 1. The highest BCUT2D eigenvalue weighted by molar-refractivity contribution is 5.84. The molecule has 0 spiro atoms. The van der Waals surface area contributed by atoms with Gasteiger partial charge in [-0.05, 0) is 41.0 Å². The minimum atomic E-state index is 0.142. The van der Waals surface area contributed by atoms with Gasteiger partial charge < -0.3 is 14.0 Å². The fourth-order valence-corrected chi connectivity index (χ4v) is 3.57. The smallest absolute Gasteiger partial charge is 0.119 e. The summed E-state index contributed by atoms with van der Waals surface area (Å²) in [4.78, 5) is 6.60. The molecule has 2 aromatic carbocycles. The lowest BCUT2D eigenvalue weighted by Crippen LogP contribution is -2.39. The molecule has 4 rings (SSSR count). The first kappa shape index (κ1) is 17.1. The molecule has 0 amide bonds. The van der Waals surface area contributed by atoms with E-state index < -0.39 is 0 Å². The summed E-state index contributed by atoms with van der Waals surface area (Å²) in [5.41, 5.74) is 1.25. The third kappa shape index (κ3) is 3.89. The topological polar surface area (TPSA) is 39.5 Å². The molecular weight excluding hydrogens is 326 g/mol. The predicted octanol–water partition coefficient (Wildman–Crippen LogP) is 3.51. The molecule has 1 saturated heterocycles. The molecule has 5 heteroatoms. The van der Waals surface area contributed by atoms with E-state index in [4.69, 9.17) is 9.47 Å². The number of fused-ring (bicyclic) bond motifs is 1. The Labute approximate surface area is 154 Å². The molecule has 26 heavy (non-hydrogen) atoms. The van der Waals surface area contributed by atoms with Crippen molar-refractivity contribution in [1.82, 2.24) is 14.5 Å². The predicted molar refractivity (Wildman–Crippen MR) is 102 cm³/mol. The Morgan fingerprint density at radius 3 is 2.88 bits per heavy atom. The lowest BCUT2D eigenvalue weighted by molar-refractivity contribution is -0.0304. The summed E-state index contributed by atoms with van der Waals surface area (Å²) >= 11 is 0. The van der Waals surface area contributed by atoms with Crippen LogP contribution in [0.5, 0.6) is 5.75 Å². The number of aromatic nitrogens is 2. The van der Waals surface area contributed by atoms with Crippen LogP contribution in [-0.4, -0.2) is 47.8 Å². The Hall–Kier alpha value is -2.37. The van der Waals surface area contributed by atoms with Gasteiger partial charge in [0.1, 0.15) is 5.75 Å². The van der Waals surface area contributed by atoms with E-state index in [0.717, 1.165) is 45.0 Å². The van der Waals surface area contributed by atoms with E-state index in [0.29, 0.717) is 0 Å². The van der Waals surface area contributed by atoms with Gasteiger partial charge in [0, 0.05) is 38.6 Å². The van der Waals surface area contributed by atoms with Gasteiger partial charge in [0.2, 0.25) is 0 Å². The van der Waals surface area contributed by atoms with Crippen molar-refractivity contribution in [2.45, 2.75) is 19.1 Å². The molecule has 0 radical (unpaired) electrons.